The topological polar surface area (TPSA) is 58.4 Å². The van der Waals surface area contributed by atoms with Gasteiger partial charge in [0.25, 0.3) is 5.69 Å². The third-order valence-corrected chi connectivity index (χ3v) is 4.74. The quantitative estimate of drug-likeness (QED) is 0.641. The fraction of sp³-hybridized carbons (Fsp3) is 0.600. The summed E-state index contributed by atoms with van der Waals surface area (Å²) in [6.45, 7) is 7.18. The Morgan fingerprint density at radius 1 is 1.38 bits per heavy atom. The van der Waals surface area contributed by atoms with E-state index in [0.717, 1.165) is 16.7 Å². The number of hydrogen-bond acceptors (Lipinski definition) is 4. The predicted octanol–water partition coefficient (Wildman–Crippen LogP) is 3.95. The molecule has 1 atom stereocenters. The van der Waals surface area contributed by atoms with Crippen LogP contribution in [0.2, 0.25) is 0 Å². The molecule has 1 fully saturated rings. The zero-order valence-electron chi connectivity index (χ0n) is 12.6. The largest absolute Gasteiger partial charge is 0.383 e. The summed E-state index contributed by atoms with van der Waals surface area (Å²) in [6, 6.07) is 3.88. The van der Waals surface area contributed by atoms with Crippen LogP contribution < -0.4 is 5.32 Å². The van der Waals surface area contributed by atoms with E-state index in [1.807, 2.05) is 6.07 Å². The summed E-state index contributed by atoms with van der Waals surface area (Å²) < 4.78 is 0.741. The van der Waals surface area contributed by atoms with Crippen LogP contribution in [-0.2, 0) is 0 Å². The van der Waals surface area contributed by atoms with Crippen LogP contribution in [0.1, 0.15) is 31.7 Å². The fourth-order valence-corrected chi connectivity index (χ4v) is 3.22. The van der Waals surface area contributed by atoms with Crippen LogP contribution in [0.5, 0.6) is 0 Å². The van der Waals surface area contributed by atoms with Gasteiger partial charge in [0.15, 0.2) is 0 Å². The number of nitro benzene ring substituents is 1. The first kappa shape index (κ1) is 16.2. The molecule has 5 nitrogen and oxygen atoms in total. The maximum absolute atomic E-state index is 10.9. The van der Waals surface area contributed by atoms with Gasteiger partial charge in [-0.3, -0.25) is 15.0 Å². The molecule has 1 aromatic rings. The van der Waals surface area contributed by atoms with Gasteiger partial charge >= 0.3 is 0 Å². The molecule has 0 saturated carbocycles. The molecule has 2 rings (SSSR count). The highest BCUT2D eigenvalue weighted by atomic mass is 79.9. The molecule has 0 spiro atoms. The van der Waals surface area contributed by atoms with Crippen molar-refractivity contribution in [2.75, 3.05) is 25.0 Å². The number of likely N-dealkylation sites (tertiary alicyclic amines) is 1. The molecule has 21 heavy (non-hydrogen) atoms. The Morgan fingerprint density at radius 2 is 2.05 bits per heavy atom. The second-order valence-corrected chi connectivity index (χ2v) is 6.56. The van der Waals surface area contributed by atoms with Crippen LogP contribution in [0, 0.1) is 17.0 Å². The number of benzene rings is 1. The summed E-state index contributed by atoms with van der Waals surface area (Å²) in [5.41, 5.74) is 1.75. The summed E-state index contributed by atoms with van der Waals surface area (Å²) in [7, 11) is 0. The minimum atomic E-state index is -0.347. The van der Waals surface area contributed by atoms with Crippen LogP contribution in [0.4, 0.5) is 11.4 Å². The van der Waals surface area contributed by atoms with Crippen molar-refractivity contribution in [1.29, 1.82) is 0 Å². The molecule has 6 heteroatoms. The summed E-state index contributed by atoms with van der Waals surface area (Å²) in [6.07, 6.45) is 3.90. The number of piperidine rings is 1. The lowest BCUT2D eigenvalue weighted by atomic mass is 10.1. The molecule has 0 amide bonds. The van der Waals surface area contributed by atoms with E-state index in [2.05, 4.69) is 33.1 Å². The zero-order valence-corrected chi connectivity index (χ0v) is 14.1. The van der Waals surface area contributed by atoms with Crippen molar-refractivity contribution in [2.45, 2.75) is 39.2 Å². The van der Waals surface area contributed by atoms with Crippen molar-refractivity contribution in [2.24, 2.45) is 0 Å². The number of nitrogens with zero attached hydrogens (tertiary/aromatic N) is 2. The first-order valence-electron chi connectivity index (χ1n) is 7.41. The second-order valence-electron chi connectivity index (χ2n) is 5.70. The third-order valence-electron chi connectivity index (χ3n) is 4.08. The highest BCUT2D eigenvalue weighted by Crippen LogP contribution is 2.30. The number of hydrogen-bond donors (Lipinski definition) is 1. The maximum Gasteiger partial charge on any atom is 0.273 e. The van der Waals surface area contributed by atoms with E-state index < -0.39 is 0 Å². The lowest BCUT2D eigenvalue weighted by molar-refractivity contribution is -0.385. The predicted molar refractivity (Wildman–Crippen MR) is 88.9 cm³/mol. The van der Waals surface area contributed by atoms with Gasteiger partial charge < -0.3 is 5.32 Å². The van der Waals surface area contributed by atoms with Crippen LogP contribution in [0.15, 0.2) is 16.6 Å². The lowest BCUT2D eigenvalue weighted by Gasteiger charge is -2.32. The summed E-state index contributed by atoms with van der Waals surface area (Å²) in [5.74, 6) is 0. The Hall–Kier alpha value is -1.14. The molecule has 1 heterocycles. The van der Waals surface area contributed by atoms with E-state index in [4.69, 9.17) is 0 Å². The zero-order chi connectivity index (χ0) is 15.4. The molecular weight excluding hydrogens is 334 g/mol. The van der Waals surface area contributed by atoms with Gasteiger partial charge in [0.2, 0.25) is 0 Å². The second kappa shape index (κ2) is 7.22. The number of nitro groups is 1. The average Bonchev–Trinajstić information content (AvgIpc) is 2.48. The minimum Gasteiger partial charge on any atom is -0.383 e. The van der Waals surface area contributed by atoms with Crippen LogP contribution in [0.3, 0.4) is 0 Å². The average molecular weight is 356 g/mol. The van der Waals surface area contributed by atoms with Crippen LogP contribution in [-0.4, -0.2) is 35.5 Å². The van der Waals surface area contributed by atoms with E-state index >= 15 is 0 Å². The van der Waals surface area contributed by atoms with Gasteiger partial charge in [-0.25, -0.2) is 0 Å². The molecule has 0 radical (unpaired) electrons. The highest BCUT2D eigenvalue weighted by Gasteiger charge is 2.18. The van der Waals surface area contributed by atoms with Gasteiger partial charge in [-0.05, 0) is 61.8 Å². The molecule has 0 aliphatic carbocycles. The Kier molecular flexibility index (Phi) is 5.58. The van der Waals surface area contributed by atoms with Crippen LogP contribution in [0.25, 0.3) is 0 Å². The summed E-state index contributed by atoms with van der Waals surface area (Å²) >= 11 is 3.42. The van der Waals surface area contributed by atoms with E-state index in [1.54, 1.807) is 13.0 Å². The number of halogens is 1. The first-order chi connectivity index (χ1) is 9.99. The summed E-state index contributed by atoms with van der Waals surface area (Å²) in [4.78, 5) is 13.1. The maximum atomic E-state index is 10.9. The third kappa shape index (κ3) is 4.17. The van der Waals surface area contributed by atoms with E-state index in [9.17, 15) is 10.1 Å². The van der Waals surface area contributed by atoms with Gasteiger partial charge in [-0.1, -0.05) is 6.42 Å². The van der Waals surface area contributed by atoms with Crippen molar-refractivity contribution in [3.8, 4) is 0 Å². The van der Waals surface area contributed by atoms with E-state index in [0.29, 0.717) is 11.6 Å². The molecule has 1 unspecified atom stereocenters. The number of aryl methyl sites for hydroxylation is 1. The van der Waals surface area contributed by atoms with Crippen molar-refractivity contribution < 1.29 is 4.92 Å². The van der Waals surface area contributed by atoms with Gasteiger partial charge in [-0.15, -0.1) is 0 Å². The number of anilines is 1. The minimum absolute atomic E-state index is 0.150. The Labute approximate surface area is 134 Å². The van der Waals surface area contributed by atoms with E-state index in [-0.39, 0.29) is 10.6 Å². The normalized spacial score (nSPS) is 17.5. The molecule has 116 valence electrons. The van der Waals surface area contributed by atoms with E-state index in [1.165, 1.54) is 32.4 Å². The summed E-state index contributed by atoms with van der Waals surface area (Å²) in [5, 5.41) is 14.3. The number of rotatable bonds is 5. The molecule has 1 saturated heterocycles. The van der Waals surface area contributed by atoms with Gasteiger partial charge in [0.05, 0.1) is 4.92 Å². The van der Waals surface area contributed by atoms with Crippen molar-refractivity contribution >= 4 is 27.3 Å². The molecule has 1 aliphatic rings. The monoisotopic (exact) mass is 355 g/mol. The molecular formula is C15H22BrN3O2. The number of nitrogens with one attached hydrogen (secondary N) is 1. The van der Waals surface area contributed by atoms with Crippen molar-refractivity contribution in [1.82, 2.24) is 4.90 Å². The smallest absolute Gasteiger partial charge is 0.273 e. The Bertz CT molecular complexity index is 516. The Balaban J connectivity index is 1.99. The molecule has 1 aromatic carbocycles. The van der Waals surface area contributed by atoms with Gasteiger partial charge in [-0.2, -0.15) is 0 Å². The fourth-order valence-electron chi connectivity index (χ4n) is 2.75. The lowest BCUT2D eigenvalue weighted by Crippen LogP contribution is -2.41. The highest BCUT2D eigenvalue weighted by molar-refractivity contribution is 9.10. The molecule has 0 aromatic heterocycles. The Morgan fingerprint density at radius 3 is 2.67 bits per heavy atom. The molecule has 1 aliphatic heterocycles. The van der Waals surface area contributed by atoms with Crippen LogP contribution >= 0.6 is 15.9 Å². The molecule has 1 N–H and O–H groups in total. The molecule has 0 bridgehead atoms. The SMILES string of the molecule is Cc1cc(NCC(C)N2CCCCC2)c(Br)cc1[N+](=O)[O-]. The first-order valence-corrected chi connectivity index (χ1v) is 8.21. The van der Waals surface area contributed by atoms with Crippen molar-refractivity contribution in [3.05, 3.63) is 32.3 Å². The van der Waals surface area contributed by atoms with Gasteiger partial charge in [0.1, 0.15) is 0 Å². The van der Waals surface area contributed by atoms with Crippen molar-refractivity contribution in [3.63, 3.8) is 0 Å². The van der Waals surface area contributed by atoms with Gasteiger partial charge in [0, 0.05) is 34.4 Å². The standard InChI is InChI=1S/C15H22BrN3O2/c1-11-8-14(13(16)9-15(11)19(20)21)17-10-12(2)18-6-4-3-5-7-18/h8-9,12,17H,3-7,10H2,1-2H3.